The van der Waals surface area contributed by atoms with Crippen molar-refractivity contribution in [2.45, 2.75) is 194 Å². The van der Waals surface area contributed by atoms with E-state index < -0.39 is 0 Å². The van der Waals surface area contributed by atoms with Gasteiger partial charge in [0, 0.05) is 0 Å². The Balaban J connectivity index is 3.53. The Morgan fingerprint density at radius 2 is 0.452 bits per heavy atom. The van der Waals surface area contributed by atoms with Crippen LogP contribution in [-0.2, 0) is 0 Å². The number of unbranched alkanes of at least 4 members (excludes halogenated alkanes) is 21. The van der Waals surface area contributed by atoms with Crippen molar-refractivity contribution in [1.82, 2.24) is 0 Å². The van der Waals surface area contributed by atoms with Crippen LogP contribution in [0.3, 0.4) is 0 Å². The fraction of sp³-hybridized carbons (Fsp3) is 1.00. The number of rotatable bonds is 27. The second kappa shape index (κ2) is 28.0. The quantitative estimate of drug-likeness (QED) is 0.112. The summed E-state index contributed by atoms with van der Waals surface area (Å²) in [5.74, 6) is 1.04. The van der Waals surface area contributed by atoms with Gasteiger partial charge in [0.2, 0.25) is 0 Å². The van der Waals surface area contributed by atoms with Crippen molar-refractivity contribution < 1.29 is 0 Å². The molecule has 0 aromatic heterocycles. The van der Waals surface area contributed by atoms with Gasteiger partial charge in [-0.3, -0.25) is 0 Å². The molecule has 0 fully saturated rings. The van der Waals surface area contributed by atoms with Gasteiger partial charge in [0.05, 0.1) is 0 Å². The molecule has 0 aliphatic heterocycles. The lowest BCUT2D eigenvalue weighted by Crippen LogP contribution is -2.01. The summed E-state index contributed by atoms with van der Waals surface area (Å²) < 4.78 is 0. The van der Waals surface area contributed by atoms with Crippen LogP contribution in [0.1, 0.15) is 194 Å². The molecule has 0 amide bonds. The van der Waals surface area contributed by atoms with E-state index in [2.05, 4.69) is 20.8 Å². The normalized spacial score (nSPS) is 12.5. The Hall–Kier alpha value is 0. The summed E-state index contributed by atoms with van der Waals surface area (Å²) in [4.78, 5) is 0. The highest BCUT2D eigenvalue weighted by Crippen LogP contribution is 2.24. The first-order valence-corrected chi connectivity index (χ1v) is 15.3. The van der Waals surface area contributed by atoms with Gasteiger partial charge >= 0.3 is 0 Å². The molecular weight excluding hydrogens is 372 g/mol. The first-order valence-electron chi connectivity index (χ1n) is 15.3. The molecule has 0 heterocycles. The zero-order chi connectivity index (χ0) is 22.7. The highest BCUT2D eigenvalue weighted by molar-refractivity contribution is 4.62. The molecule has 0 bridgehead atoms. The Morgan fingerprint density at radius 1 is 0.258 bits per heavy atom. The third-order valence-corrected chi connectivity index (χ3v) is 7.40. The van der Waals surface area contributed by atoms with Gasteiger partial charge in [-0.2, -0.15) is 0 Å². The van der Waals surface area contributed by atoms with Crippen molar-refractivity contribution in [1.29, 1.82) is 0 Å². The summed E-state index contributed by atoms with van der Waals surface area (Å²) in [6.07, 6.45) is 39.8. The lowest BCUT2D eigenvalue weighted by Gasteiger charge is -2.17. The molecule has 0 spiro atoms. The fourth-order valence-electron chi connectivity index (χ4n) is 5.13. The summed E-state index contributed by atoms with van der Waals surface area (Å²) in [5.41, 5.74) is 0. The first-order chi connectivity index (χ1) is 15.3. The summed E-state index contributed by atoms with van der Waals surface area (Å²) in [7, 11) is 0. The van der Waals surface area contributed by atoms with E-state index in [4.69, 9.17) is 0 Å². The average molecular weight is 437 g/mol. The first kappa shape index (κ1) is 31.0. The maximum atomic E-state index is 2.35. The van der Waals surface area contributed by atoms with Crippen LogP contribution in [0, 0.1) is 5.92 Å². The van der Waals surface area contributed by atoms with E-state index in [1.165, 1.54) is 173 Å². The highest BCUT2D eigenvalue weighted by Gasteiger charge is 2.08. The van der Waals surface area contributed by atoms with Crippen molar-refractivity contribution in [2.75, 3.05) is 0 Å². The van der Waals surface area contributed by atoms with Gasteiger partial charge in [0.25, 0.3) is 0 Å². The summed E-state index contributed by atoms with van der Waals surface area (Å²) >= 11 is 0. The molecular formula is C31H64. The Labute approximate surface area is 200 Å². The predicted molar refractivity (Wildman–Crippen MR) is 145 cm³/mol. The van der Waals surface area contributed by atoms with Crippen molar-refractivity contribution in [3.05, 3.63) is 0 Å². The molecule has 0 saturated heterocycles. The minimum absolute atomic E-state index is 1.04. The van der Waals surface area contributed by atoms with Crippen LogP contribution in [-0.4, -0.2) is 0 Å². The largest absolute Gasteiger partial charge is 0.0654 e. The van der Waals surface area contributed by atoms with Gasteiger partial charge in [-0.25, -0.2) is 0 Å². The summed E-state index contributed by atoms with van der Waals surface area (Å²) in [5, 5.41) is 0. The second-order valence-corrected chi connectivity index (χ2v) is 10.7. The van der Waals surface area contributed by atoms with Gasteiger partial charge < -0.3 is 0 Å². The molecule has 0 saturated carbocycles. The third-order valence-electron chi connectivity index (χ3n) is 7.40. The number of hydrogen-bond acceptors (Lipinski definition) is 0. The molecule has 1 unspecified atom stereocenters. The van der Waals surface area contributed by atoms with E-state index in [-0.39, 0.29) is 0 Å². The van der Waals surface area contributed by atoms with E-state index in [1.807, 2.05) is 0 Å². The monoisotopic (exact) mass is 437 g/mol. The predicted octanol–water partition coefficient (Wildman–Crippen LogP) is 12.2. The Bertz CT molecular complexity index is 294. The van der Waals surface area contributed by atoms with Crippen LogP contribution in [0.25, 0.3) is 0 Å². The van der Waals surface area contributed by atoms with Gasteiger partial charge in [0.1, 0.15) is 0 Å². The molecule has 0 radical (unpaired) electrons. The minimum atomic E-state index is 1.04. The standard InChI is InChI=1S/C31H64/c1-4-7-10-12-14-15-16-17-18-19-20-22-24-27-30-31(28-25-9-6-3)29-26-23-21-13-11-8-5-2/h31H,4-30H2,1-3H3. The van der Waals surface area contributed by atoms with Gasteiger partial charge in [-0.1, -0.05) is 194 Å². The van der Waals surface area contributed by atoms with E-state index >= 15 is 0 Å². The molecule has 0 aromatic rings. The molecule has 0 aromatic carbocycles. The molecule has 0 heteroatoms. The van der Waals surface area contributed by atoms with E-state index in [9.17, 15) is 0 Å². The van der Waals surface area contributed by atoms with Crippen LogP contribution in [0.2, 0.25) is 0 Å². The molecule has 0 rings (SSSR count). The molecule has 0 nitrogen and oxygen atoms in total. The van der Waals surface area contributed by atoms with Crippen molar-refractivity contribution in [2.24, 2.45) is 5.92 Å². The Morgan fingerprint density at radius 3 is 0.742 bits per heavy atom. The Kier molecular flexibility index (Phi) is 28.0. The van der Waals surface area contributed by atoms with Crippen LogP contribution < -0.4 is 0 Å². The average Bonchev–Trinajstić information content (AvgIpc) is 2.78. The lowest BCUT2D eigenvalue weighted by atomic mass is 9.89. The zero-order valence-corrected chi connectivity index (χ0v) is 22.7. The van der Waals surface area contributed by atoms with Crippen molar-refractivity contribution in [3.63, 3.8) is 0 Å². The van der Waals surface area contributed by atoms with Gasteiger partial charge in [-0.05, 0) is 5.92 Å². The highest BCUT2D eigenvalue weighted by atomic mass is 14.1. The molecule has 0 N–H and O–H groups in total. The summed E-state index contributed by atoms with van der Waals surface area (Å²) in [6.45, 7) is 6.97. The van der Waals surface area contributed by atoms with Crippen molar-refractivity contribution >= 4 is 0 Å². The minimum Gasteiger partial charge on any atom is -0.0654 e. The molecule has 0 aliphatic rings. The van der Waals surface area contributed by atoms with Crippen LogP contribution in [0.5, 0.6) is 0 Å². The molecule has 188 valence electrons. The van der Waals surface area contributed by atoms with E-state index in [1.54, 1.807) is 0 Å². The fourth-order valence-corrected chi connectivity index (χ4v) is 5.13. The van der Waals surface area contributed by atoms with Gasteiger partial charge in [-0.15, -0.1) is 0 Å². The molecule has 31 heavy (non-hydrogen) atoms. The summed E-state index contributed by atoms with van der Waals surface area (Å²) in [6, 6.07) is 0. The van der Waals surface area contributed by atoms with E-state index in [0.29, 0.717) is 0 Å². The lowest BCUT2D eigenvalue weighted by molar-refractivity contribution is 0.367. The third kappa shape index (κ3) is 26.1. The van der Waals surface area contributed by atoms with Crippen LogP contribution in [0.4, 0.5) is 0 Å². The SMILES string of the molecule is CCCCCCCCCCCCCCCCC(CCCCC)CCCCCCCCC. The molecule has 1 atom stereocenters. The van der Waals surface area contributed by atoms with Crippen LogP contribution >= 0.6 is 0 Å². The second-order valence-electron chi connectivity index (χ2n) is 10.7. The van der Waals surface area contributed by atoms with Crippen LogP contribution in [0.15, 0.2) is 0 Å². The molecule has 0 aliphatic carbocycles. The smallest absolute Gasteiger partial charge is 0.0414 e. The number of hydrogen-bond donors (Lipinski definition) is 0. The van der Waals surface area contributed by atoms with Gasteiger partial charge in [0.15, 0.2) is 0 Å². The maximum absolute atomic E-state index is 2.35. The maximum Gasteiger partial charge on any atom is -0.0414 e. The van der Waals surface area contributed by atoms with Crippen molar-refractivity contribution in [3.8, 4) is 0 Å². The zero-order valence-electron chi connectivity index (χ0n) is 22.7. The van der Waals surface area contributed by atoms with E-state index in [0.717, 1.165) is 5.92 Å². The topological polar surface area (TPSA) is 0 Å².